The van der Waals surface area contributed by atoms with Gasteiger partial charge in [-0.3, -0.25) is 4.79 Å². The van der Waals surface area contributed by atoms with Gasteiger partial charge in [0.05, 0.1) is 26.6 Å². The lowest BCUT2D eigenvalue weighted by Crippen LogP contribution is -2.26. The van der Waals surface area contributed by atoms with Gasteiger partial charge in [-0.2, -0.15) is 0 Å². The van der Waals surface area contributed by atoms with Crippen molar-refractivity contribution in [1.82, 2.24) is 19.2 Å². The van der Waals surface area contributed by atoms with E-state index in [9.17, 15) is 21.6 Å². The molecule has 0 aliphatic heterocycles. The van der Waals surface area contributed by atoms with E-state index in [1.807, 2.05) is 11.6 Å². The average molecular weight is 493 g/mol. The van der Waals surface area contributed by atoms with Crippen molar-refractivity contribution in [2.75, 3.05) is 26.4 Å². The Morgan fingerprint density at radius 1 is 1.03 bits per heavy atom. The summed E-state index contributed by atoms with van der Waals surface area (Å²) in [5, 5.41) is 2.75. The van der Waals surface area contributed by atoms with Gasteiger partial charge in [0.1, 0.15) is 5.82 Å². The number of aromatic nitrogens is 2. The van der Waals surface area contributed by atoms with Crippen molar-refractivity contribution in [2.24, 2.45) is 7.05 Å². The fourth-order valence-electron chi connectivity index (χ4n) is 3.37. The summed E-state index contributed by atoms with van der Waals surface area (Å²) in [6.07, 6.45) is 0.874. The van der Waals surface area contributed by atoms with Gasteiger partial charge in [-0.15, -0.1) is 0 Å². The van der Waals surface area contributed by atoms with Crippen LogP contribution in [-0.2, 0) is 38.1 Å². The quantitative estimate of drug-likeness (QED) is 0.431. The van der Waals surface area contributed by atoms with Crippen LogP contribution in [0, 0.1) is 0 Å². The molecule has 0 spiro atoms. The number of sulfone groups is 1. The maximum absolute atomic E-state index is 12.4. The van der Waals surface area contributed by atoms with E-state index >= 15 is 0 Å². The molecule has 0 unspecified atom stereocenters. The van der Waals surface area contributed by atoms with Crippen LogP contribution in [-0.4, -0.2) is 63.0 Å². The minimum absolute atomic E-state index is 0.0414. The molecular weight excluding hydrogens is 464 g/mol. The Balaban J connectivity index is 1.54. The molecule has 11 heteroatoms. The first-order chi connectivity index (χ1) is 15.5. The minimum Gasteiger partial charge on any atom is -0.356 e. The lowest BCUT2D eigenvalue weighted by atomic mass is 10.3. The Kier molecular flexibility index (Phi) is 7.55. The second-order valence-corrected chi connectivity index (χ2v) is 12.1. The summed E-state index contributed by atoms with van der Waals surface area (Å²) >= 11 is 0. The maximum Gasteiger partial charge on any atom is 0.242 e. The van der Waals surface area contributed by atoms with Gasteiger partial charge in [-0.1, -0.05) is 18.2 Å². The van der Waals surface area contributed by atoms with Crippen LogP contribution in [0.2, 0.25) is 0 Å². The van der Waals surface area contributed by atoms with Crippen molar-refractivity contribution in [3.63, 3.8) is 0 Å². The molecule has 0 atom stereocenters. The van der Waals surface area contributed by atoms with E-state index in [-0.39, 0.29) is 34.4 Å². The Labute approximate surface area is 194 Å². The molecule has 1 amide bonds. The number of nitrogens with one attached hydrogen (secondary N) is 1. The summed E-state index contributed by atoms with van der Waals surface area (Å²) < 4.78 is 52.2. The first-order valence-electron chi connectivity index (χ1n) is 10.4. The number of carbonyl (C=O) groups excluding carboxylic acids is 1. The van der Waals surface area contributed by atoms with Crippen LogP contribution in [0.5, 0.6) is 0 Å². The van der Waals surface area contributed by atoms with E-state index in [4.69, 9.17) is 0 Å². The number of amides is 1. The number of fused-ring (bicyclic) bond motifs is 1. The van der Waals surface area contributed by atoms with Crippen molar-refractivity contribution in [1.29, 1.82) is 0 Å². The van der Waals surface area contributed by atoms with Crippen LogP contribution >= 0.6 is 0 Å². The third kappa shape index (κ3) is 5.79. The molecule has 0 aliphatic rings. The fraction of sp³-hybridized carbons (Fsp3) is 0.364. The third-order valence-corrected chi connectivity index (χ3v) is 8.94. The molecule has 3 rings (SSSR count). The molecular formula is C22H28N4O5S2. The van der Waals surface area contributed by atoms with Gasteiger partial charge in [-0.25, -0.2) is 26.1 Å². The van der Waals surface area contributed by atoms with Crippen molar-refractivity contribution in [2.45, 2.75) is 29.1 Å². The number of carbonyl (C=O) groups is 1. The average Bonchev–Trinajstić information content (AvgIpc) is 3.10. The Morgan fingerprint density at radius 2 is 1.73 bits per heavy atom. The van der Waals surface area contributed by atoms with E-state index in [1.54, 1.807) is 42.5 Å². The third-order valence-electron chi connectivity index (χ3n) is 5.31. The van der Waals surface area contributed by atoms with Crippen LogP contribution in [0.1, 0.15) is 18.7 Å². The van der Waals surface area contributed by atoms with Gasteiger partial charge in [0.25, 0.3) is 0 Å². The van der Waals surface area contributed by atoms with Gasteiger partial charge >= 0.3 is 0 Å². The monoisotopic (exact) mass is 492 g/mol. The topological polar surface area (TPSA) is 118 Å². The zero-order valence-corrected chi connectivity index (χ0v) is 20.5. The Morgan fingerprint density at radius 3 is 2.39 bits per heavy atom. The molecule has 3 aromatic rings. The highest BCUT2D eigenvalue weighted by Crippen LogP contribution is 2.22. The molecule has 0 fully saturated rings. The van der Waals surface area contributed by atoms with Gasteiger partial charge in [0, 0.05) is 40.5 Å². The molecule has 0 aliphatic carbocycles. The summed E-state index contributed by atoms with van der Waals surface area (Å²) in [7, 11) is -2.17. The van der Waals surface area contributed by atoms with Crippen LogP contribution in [0.15, 0.2) is 58.3 Å². The number of imidazole rings is 1. The number of hydrogen-bond donors (Lipinski definition) is 1. The molecule has 0 saturated heterocycles. The van der Waals surface area contributed by atoms with Crippen molar-refractivity contribution < 1.29 is 21.6 Å². The highest BCUT2D eigenvalue weighted by atomic mass is 32.2. The summed E-state index contributed by atoms with van der Waals surface area (Å²) in [4.78, 5) is 17.2. The highest BCUT2D eigenvalue weighted by Gasteiger charge is 2.19. The maximum atomic E-state index is 12.4. The van der Waals surface area contributed by atoms with Crippen LogP contribution < -0.4 is 5.32 Å². The van der Waals surface area contributed by atoms with Gasteiger partial charge < -0.3 is 9.88 Å². The molecule has 178 valence electrons. The van der Waals surface area contributed by atoms with Crippen molar-refractivity contribution in [3.8, 4) is 0 Å². The predicted molar refractivity (Wildman–Crippen MR) is 126 cm³/mol. The minimum atomic E-state index is -3.56. The second-order valence-electron chi connectivity index (χ2n) is 7.86. The molecule has 33 heavy (non-hydrogen) atoms. The van der Waals surface area contributed by atoms with E-state index in [0.717, 1.165) is 9.82 Å². The summed E-state index contributed by atoms with van der Waals surface area (Å²) in [6.45, 7) is 0.263. The van der Waals surface area contributed by atoms with E-state index < -0.39 is 19.9 Å². The fourth-order valence-corrected chi connectivity index (χ4v) is 5.63. The number of sulfonamides is 1. The summed E-state index contributed by atoms with van der Waals surface area (Å²) in [5.41, 5.74) is 1.32. The molecule has 0 saturated carbocycles. The highest BCUT2D eigenvalue weighted by molar-refractivity contribution is 7.91. The number of aryl methyl sites for hydroxylation is 2. The SMILES string of the molecule is CN(C)S(=O)(=O)c1ccc2c(c1)nc(CCC(=O)NCCCS(=O)(=O)c1ccccc1)n2C. The zero-order chi connectivity index (χ0) is 24.2. The first-order valence-corrected chi connectivity index (χ1v) is 13.5. The summed E-state index contributed by atoms with van der Waals surface area (Å²) in [6, 6.07) is 13.0. The van der Waals surface area contributed by atoms with Gasteiger partial charge in [-0.05, 0) is 36.8 Å². The molecule has 1 N–H and O–H groups in total. The van der Waals surface area contributed by atoms with Gasteiger partial charge in [0.15, 0.2) is 9.84 Å². The number of nitrogens with zero attached hydrogens (tertiary/aromatic N) is 3. The van der Waals surface area contributed by atoms with Crippen molar-refractivity contribution in [3.05, 3.63) is 54.4 Å². The molecule has 0 bridgehead atoms. The number of rotatable bonds is 10. The van der Waals surface area contributed by atoms with Crippen molar-refractivity contribution >= 4 is 36.8 Å². The molecule has 1 aromatic heterocycles. The zero-order valence-electron chi connectivity index (χ0n) is 18.9. The first kappa shape index (κ1) is 24.9. The Bertz CT molecular complexity index is 1350. The normalized spacial score (nSPS) is 12.4. The molecule has 9 nitrogen and oxygen atoms in total. The molecule has 2 aromatic carbocycles. The van der Waals surface area contributed by atoms with Gasteiger partial charge in [0.2, 0.25) is 15.9 Å². The standard InChI is InChI=1S/C22H28N4O5S2/c1-25(2)33(30,31)18-10-11-20-19(16-18)24-21(26(20)3)12-13-22(27)23-14-7-15-32(28,29)17-8-5-4-6-9-17/h4-6,8-11,16H,7,12-15H2,1-3H3,(H,23,27). The second kappa shape index (κ2) is 10.0. The van der Waals surface area contributed by atoms with Crippen LogP contribution in [0.25, 0.3) is 11.0 Å². The summed E-state index contributed by atoms with van der Waals surface area (Å²) in [5.74, 6) is 0.418. The molecule has 1 heterocycles. The van der Waals surface area contributed by atoms with Crippen LogP contribution in [0.3, 0.4) is 0 Å². The predicted octanol–water partition coefficient (Wildman–Crippen LogP) is 1.74. The van der Waals surface area contributed by atoms with E-state index in [1.165, 1.54) is 20.2 Å². The van der Waals surface area contributed by atoms with E-state index in [2.05, 4.69) is 10.3 Å². The van der Waals surface area contributed by atoms with Crippen LogP contribution in [0.4, 0.5) is 0 Å². The smallest absolute Gasteiger partial charge is 0.242 e. The van der Waals surface area contributed by atoms with E-state index in [0.29, 0.717) is 24.2 Å². The molecule has 0 radical (unpaired) electrons. The Hall–Kier alpha value is -2.76. The lowest BCUT2D eigenvalue weighted by Gasteiger charge is -2.10. The largest absolute Gasteiger partial charge is 0.356 e. The number of benzene rings is 2. The lowest BCUT2D eigenvalue weighted by molar-refractivity contribution is -0.121. The number of hydrogen-bond acceptors (Lipinski definition) is 6.